The van der Waals surface area contributed by atoms with Gasteiger partial charge in [0.25, 0.3) is 5.91 Å². The number of amides is 2. The highest BCUT2D eigenvalue weighted by Gasteiger charge is 2.23. The van der Waals surface area contributed by atoms with Gasteiger partial charge in [-0.3, -0.25) is 13.9 Å². The second kappa shape index (κ2) is 11.5. The quantitative estimate of drug-likeness (QED) is 0.527. The number of ether oxygens (including phenoxy) is 2. The van der Waals surface area contributed by atoms with E-state index in [0.717, 1.165) is 10.6 Å². The van der Waals surface area contributed by atoms with E-state index in [4.69, 9.17) is 21.1 Å². The molecule has 0 atom stereocenters. The molecule has 0 spiro atoms. The summed E-state index contributed by atoms with van der Waals surface area (Å²) in [6, 6.07) is 10.2. The molecule has 1 heterocycles. The van der Waals surface area contributed by atoms with Gasteiger partial charge in [0.15, 0.2) is 0 Å². The number of carbonyl (C=O) groups excluding carboxylic acids is 3. The van der Waals surface area contributed by atoms with Gasteiger partial charge in [-0.15, -0.1) is 0 Å². The topological polar surface area (TPSA) is 122 Å². The molecule has 0 aliphatic carbocycles. The molecule has 1 fully saturated rings. The first-order valence-electron chi connectivity index (χ1n) is 10.8. The molecule has 1 aliphatic heterocycles. The number of halogens is 1. The highest BCUT2D eigenvalue weighted by atomic mass is 35.5. The molecule has 2 amide bonds. The van der Waals surface area contributed by atoms with Gasteiger partial charge in [0.05, 0.1) is 48.0 Å². The fraction of sp³-hybridized carbons (Fsp3) is 0.348. The van der Waals surface area contributed by atoms with Gasteiger partial charge in [-0.2, -0.15) is 0 Å². The molecule has 0 aromatic heterocycles. The van der Waals surface area contributed by atoms with Crippen molar-refractivity contribution in [3.05, 3.63) is 58.6 Å². The van der Waals surface area contributed by atoms with E-state index in [1.165, 1.54) is 42.5 Å². The van der Waals surface area contributed by atoms with Gasteiger partial charge in [-0.25, -0.2) is 13.2 Å². The molecule has 12 heteroatoms. The number of anilines is 2. The standard InChI is InChI=1S/C23H26ClN3O7S/c1-3-34-23(30)17-6-9-20(19(24)14-17)25-21(28)15-27(35(2,31)32)18-7-4-16(5-8-18)22(29)26-10-12-33-13-11-26/h4-9,14H,3,10-13,15H2,1-2H3,(H,25,28). The largest absolute Gasteiger partial charge is 0.462 e. The summed E-state index contributed by atoms with van der Waals surface area (Å²) < 4.78 is 35.9. The Balaban J connectivity index is 1.72. The van der Waals surface area contributed by atoms with Crippen LogP contribution >= 0.6 is 11.6 Å². The number of esters is 1. The summed E-state index contributed by atoms with van der Waals surface area (Å²) in [5.74, 6) is -1.37. The number of morpholine rings is 1. The number of nitrogens with one attached hydrogen (secondary N) is 1. The number of nitrogens with zero attached hydrogens (tertiary/aromatic N) is 2. The molecule has 2 aromatic carbocycles. The molecule has 3 rings (SSSR count). The molecule has 0 unspecified atom stereocenters. The van der Waals surface area contributed by atoms with E-state index in [0.29, 0.717) is 31.9 Å². The summed E-state index contributed by atoms with van der Waals surface area (Å²) in [5, 5.41) is 2.65. The molecule has 1 N–H and O–H groups in total. The second-order valence-electron chi connectivity index (χ2n) is 7.68. The van der Waals surface area contributed by atoms with Gasteiger partial charge in [0, 0.05) is 18.7 Å². The molecule has 1 saturated heterocycles. The first-order valence-corrected chi connectivity index (χ1v) is 13.0. The maximum absolute atomic E-state index is 12.7. The maximum Gasteiger partial charge on any atom is 0.338 e. The van der Waals surface area contributed by atoms with Crippen LogP contribution in [-0.2, 0) is 24.3 Å². The van der Waals surface area contributed by atoms with Gasteiger partial charge >= 0.3 is 5.97 Å². The third-order valence-corrected chi connectivity index (χ3v) is 6.60. The predicted molar refractivity (Wildman–Crippen MR) is 131 cm³/mol. The minimum atomic E-state index is -3.83. The lowest BCUT2D eigenvalue weighted by molar-refractivity contribution is -0.114. The van der Waals surface area contributed by atoms with Crippen LogP contribution in [0.1, 0.15) is 27.6 Å². The third kappa shape index (κ3) is 6.93. The van der Waals surface area contributed by atoms with Gasteiger partial charge in [-0.05, 0) is 49.4 Å². The van der Waals surface area contributed by atoms with Gasteiger partial charge in [0.2, 0.25) is 15.9 Å². The van der Waals surface area contributed by atoms with Crippen molar-refractivity contribution in [2.24, 2.45) is 0 Å². The Bertz CT molecular complexity index is 1200. The van der Waals surface area contributed by atoms with Gasteiger partial charge in [-0.1, -0.05) is 11.6 Å². The smallest absolute Gasteiger partial charge is 0.338 e. The van der Waals surface area contributed by atoms with E-state index >= 15 is 0 Å². The second-order valence-corrected chi connectivity index (χ2v) is 10.00. The van der Waals surface area contributed by atoms with Crippen LogP contribution in [0.4, 0.5) is 11.4 Å². The third-order valence-electron chi connectivity index (χ3n) is 5.14. The predicted octanol–water partition coefficient (Wildman–Crippen LogP) is 2.39. The minimum absolute atomic E-state index is 0.0980. The summed E-state index contributed by atoms with van der Waals surface area (Å²) in [6.45, 7) is 3.27. The zero-order valence-corrected chi connectivity index (χ0v) is 20.9. The maximum atomic E-state index is 12.7. The molecular weight excluding hydrogens is 498 g/mol. The Morgan fingerprint density at radius 2 is 1.71 bits per heavy atom. The van der Waals surface area contributed by atoms with Gasteiger partial charge in [0.1, 0.15) is 6.54 Å². The first kappa shape index (κ1) is 26.5. The zero-order chi connectivity index (χ0) is 25.6. The van der Waals surface area contributed by atoms with Crippen molar-refractivity contribution < 1.29 is 32.3 Å². The molecular formula is C23H26ClN3O7S. The molecule has 1 aliphatic rings. The Kier molecular flexibility index (Phi) is 8.71. The SMILES string of the molecule is CCOC(=O)c1ccc(NC(=O)CN(c2ccc(C(=O)N3CCOCC3)cc2)S(C)(=O)=O)c(Cl)c1. The summed E-state index contributed by atoms with van der Waals surface area (Å²) >= 11 is 6.17. The Hall–Kier alpha value is -3.15. The number of rotatable bonds is 8. The Labute approximate surface area is 208 Å². The summed E-state index contributed by atoms with van der Waals surface area (Å²) in [5.41, 5.74) is 1.07. The van der Waals surface area contributed by atoms with E-state index in [2.05, 4.69) is 5.32 Å². The number of benzene rings is 2. The van der Waals surface area contributed by atoms with E-state index in [1.807, 2.05) is 0 Å². The van der Waals surface area contributed by atoms with Crippen molar-refractivity contribution >= 4 is 50.8 Å². The number of carbonyl (C=O) groups is 3. The van der Waals surface area contributed by atoms with Crippen LogP contribution in [0.15, 0.2) is 42.5 Å². The average molecular weight is 524 g/mol. The van der Waals surface area contributed by atoms with Crippen molar-refractivity contribution in [2.75, 3.05) is 55.3 Å². The van der Waals surface area contributed by atoms with Crippen LogP contribution in [0, 0.1) is 0 Å². The molecule has 0 bridgehead atoms. The molecule has 10 nitrogen and oxygen atoms in total. The lowest BCUT2D eigenvalue weighted by Gasteiger charge is -2.27. The molecule has 35 heavy (non-hydrogen) atoms. The summed E-state index contributed by atoms with van der Waals surface area (Å²) in [6.07, 6.45) is 0.980. The number of hydrogen-bond donors (Lipinski definition) is 1. The highest BCUT2D eigenvalue weighted by Crippen LogP contribution is 2.24. The van der Waals surface area contributed by atoms with E-state index < -0.39 is 28.4 Å². The highest BCUT2D eigenvalue weighted by molar-refractivity contribution is 7.92. The fourth-order valence-electron chi connectivity index (χ4n) is 3.40. The van der Waals surface area contributed by atoms with Crippen LogP contribution in [0.25, 0.3) is 0 Å². The van der Waals surface area contributed by atoms with Gasteiger partial charge < -0.3 is 19.7 Å². The van der Waals surface area contributed by atoms with Crippen LogP contribution in [0.5, 0.6) is 0 Å². The van der Waals surface area contributed by atoms with Crippen LogP contribution in [0.2, 0.25) is 5.02 Å². The Morgan fingerprint density at radius 3 is 2.29 bits per heavy atom. The molecule has 0 radical (unpaired) electrons. The lowest BCUT2D eigenvalue weighted by Crippen LogP contribution is -2.40. The minimum Gasteiger partial charge on any atom is -0.462 e. The first-order chi connectivity index (χ1) is 16.6. The van der Waals surface area contributed by atoms with Crippen molar-refractivity contribution in [3.8, 4) is 0 Å². The molecule has 2 aromatic rings. The van der Waals surface area contributed by atoms with Crippen LogP contribution in [0.3, 0.4) is 0 Å². The summed E-state index contributed by atoms with van der Waals surface area (Å²) in [4.78, 5) is 38.8. The van der Waals surface area contributed by atoms with Crippen molar-refractivity contribution in [2.45, 2.75) is 6.92 Å². The monoisotopic (exact) mass is 523 g/mol. The van der Waals surface area contributed by atoms with E-state index in [9.17, 15) is 22.8 Å². The zero-order valence-electron chi connectivity index (χ0n) is 19.3. The summed E-state index contributed by atoms with van der Waals surface area (Å²) in [7, 11) is -3.83. The fourth-order valence-corrected chi connectivity index (χ4v) is 4.48. The number of hydrogen-bond acceptors (Lipinski definition) is 7. The number of sulfonamides is 1. The average Bonchev–Trinajstić information content (AvgIpc) is 2.83. The van der Waals surface area contributed by atoms with E-state index in [1.54, 1.807) is 11.8 Å². The van der Waals surface area contributed by atoms with E-state index in [-0.39, 0.29) is 34.5 Å². The molecule has 0 saturated carbocycles. The van der Waals surface area contributed by atoms with Crippen molar-refractivity contribution in [1.29, 1.82) is 0 Å². The van der Waals surface area contributed by atoms with Crippen molar-refractivity contribution in [3.63, 3.8) is 0 Å². The Morgan fingerprint density at radius 1 is 1.09 bits per heavy atom. The van der Waals surface area contributed by atoms with Crippen LogP contribution in [-0.4, -0.2) is 76.8 Å². The van der Waals surface area contributed by atoms with Crippen LogP contribution < -0.4 is 9.62 Å². The van der Waals surface area contributed by atoms with Crippen molar-refractivity contribution in [1.82, 2.24) is 4.90 Å². The normalized spacial score (nSPS) is 13.7. The lowest BCUT2D eigenvalue weighted by atomic mass is 10.1. The molecule has 188 valence electrons.